The lowest BCUT2D eigenvalue weighted by molar-refractivity contribution is -0.384. The number of hydrogen-bond donors (Lipinski definition) is 2. The Morgan fingerprint density at radius 2 is 1.62 bits per heavy atom. The molecule has 136 valence electrons. The van der Waals surface area contributed by atoms with Crippen LogP contribution in [-0.2, 0) is 4.79 Å². The monoisotopic (exact) mass is 357 g/mol. The number of benzene rings is 2. The fraction of sp³-hybridized carbons (Fsp3) is 0.222. The third-order valence-electron chi connectivity index (χ3n) is 3.71. The third kappa shape index (κ3) is 4.56. The molecular weight excluding hydrogens is 338 g/mol. The van der Waals surface area contributed by atoms with Crippen molar-refractivity contribution in [2.24, 2.45) is 0 Å². The van der Waals surface area contributed by atoms with E-state index in [1.807, 2.05) is 32.0 Å². The van der Waals surface area contributed by atoms with Gasteiger partial charge in [-0.1, -0.05) is 18.2 Å². The van der Waals surface area contributed by atoms with Gasteiger partial charge in [0.05, 0.1) is 4.92 Å². The highest BCUT2D eigenvalue weighted by molar-refractivity contribution is 5.95. The van der Waals surface area contributed by atoms with Crippen LogP contribution < -0.4 is 15.6 Å². The second-order valence-corrected chi connectivity index (χ2v) is 5.73. The van der Waals surface area contributed by atoms with Gasteiger partial charge < -0.3 is 4.74 Å². The summed E-state index contributed by atoms with van der Waals surface area (Å²) in [7, 11) is 0. The minimum atomic E-state index is -0.827. The summed E-state index contributed by atoms with van der Waals surface area (Å²) in [5.41, 5.74) is 6.40. The molecule has 2 aromatic carbocycles. The molecule has 1 atom stereocenters. The van der Waals surface area contributed by atoms with Gasteiger partial charge in [0.1, 0.15) is 5.75 Å². The number of nitrogens with one attached hydrogen (secondary N) is 2. The Kier molecular flexibility index (Phi) is 5.90. The van der Waals surface area contributed by atoms with Crippen LogP contribution in [0.3, 0.4) is 0 Å². The van der Waals surface area contributed by atoms with Crippen LogP contribution in [0.4, 0.5) is 5.69 Å². The van der Waals surface area contributed by atoms with E-state index in [1.54, 1.807) is 6.92 Å². The van der Waals surface area contributed by atoms with Crippen molar-refractivity contribution < 1.29 is 19.2 Å². The van der Waals surface area contributed by atoms with Gasteiger partial charge in [-0.3, -0.25) is 30.6 Å². The summed E-state index contributed by atoms with van der Waals surface area (Å²) in [4.78, 5) is 34.1. The van der Waals surface area contributed by atoms with E-state index in [0.29, 0.717) is 5.75 Å². The zero-order valence-electron chi connectivity index (χ0n) is 14.6. The van der Waals surface area contributed by atoms with Gasteiger partial charge in [-0.2, -0.15) is 0 Å². The second kappa shape index (κ2) is 8.11. The molecule has 0 aliphatic rings. The molecule has 0 bridgehead atoms. The van der Waals surface area contributed by atoms with E-state index in [9.17, 15) is 19.7 Å². The van der Waals surface area contributed by atoms with Crippen LogP contribution in [0.5, 0.6) is 5.75 Å². The number of rotatable bonds is 5. The van der Waals surface area contributed by atoms with Gasteiger partial charge in [0.15, 0.2) is 6.10 Å². The number of hydrogen-bond acceptors (Lipinski definition) is 5. The molecule has 1 unspecified atom stereocenters. The fourth-order valence-corrected chi connectivity index (χ4v) is 2.24. The standard InChI is InChI=1S/C18H19N3O5/c1-11-5-4-6-12(2)16(11)26-13(3)17(22)19-20-18(23)14-7-9-15(10-8-14)21(24)25/h4-10,13H,1-3H3,(H,19,22)(H,20,23). The molecular formula is C18H19N3O5. The van der Waals surface area contributed by atoms with Gasteiger partial charge in [-0.25, -0.2) is 0 Å². The number of hydrazine groups is 1. The molecule has 2 rings (SSSR count). The molecule has 0 aromatic heterocycles. The van der Waals surface area contributed by atoms with Crippen LogP contribution in [0.25, 0.3) is 0 Å². The summed E-state index contributed by atoms with van der Waals surface area (Å²) >= 11 is 0. The van der Waals surface area contributed by atoms with Gasteiger partial charge >= 0.3 is 0 Å². The smallest absolute Gasteiger partial charge is 0.279 e. The lowest BCUT2D eigenvalue weighted by Gasteiger charge is -2.18. The zero-order valence-corrected chi connectivity index (χ0v) is 14.6. The maximum Gasteiger partial charge on any atom is 0.279 e. The van der Waals surface area contributed by atoms with Crippen molar-refractivity contribution in [2.75, 3.05) is 0 Å². The Balaban J connectivity index is 1.93. The molecule has 0 saturated heterocycles. The molecule has 0 heterocycles. The van der Waals surface area contributed by atoms with E-state index in [-0.39, 0.29) is 11.3 Å². The largest absolute Gasteiger partial charge is 0.480 e. The van der Waals surface area contributed by atoms with Crippen LogP contribution >= 0.6 is 0 Å². The maximum absolute atomic E-state index is 12.1. The molecule has 2 N–H and O–H groups in total. The number of carbonyl (C=O) groups excluding carboxylic acids is 2. The number of nitro groups is 1. The quantitative estimate of drug-likeness (QED) is 0.631. The summed E-state index contributed by atoms with van der Waals surface area (Å²) in [6, 6.07) is 10.7. The van der Waals surface area contributed by atoms with Gasteiger partial charge in [0.25, 0.3) is 17.5 Å². The molecule has 0 fully saturated rings. The molecule has 2 amide bonds. The van der Waals surface area contributed by atoms with E-state index >= 15 is 0 Å². The summed E-state index contributed by atoms with van der Waals surface area (Å²) in [6.07, 6.45) is -0.827. The lowest BCUT2D eigenvalue weighted by Crippen LogP contribution is -2.47. The molecule has 0 aliphatic carbocycles. The highest BCUT2D eigenvalue weighted by atomic mass is 16.6. The molecule has 0 aliphatic heterocycles. The van der Waals surface area contributed by atoms with Crippen molar-refractivity contribution in [3.8, 4) is 5.75 Å². The summed E-state index contributed by atoms with van der Waals surface area (Å²) in [5.74, 6) is -0.493. The van der Waals surface area contributed by atoms with Gasteiger partial charge in [-0.15, -0.1) is 0 Å². The highest BCUT2D eigenvalue weighted by Gasteiger charge is 2.18. The summed E-state index contributed by atoms with van der Waals surface area (Å²) < 4.78 is 5.68. The number of ether oxygens (including phenoxy) is 1. The topological polar surface area (TPSA) is 111 Å². The van der Waals surface area contributed by atoms with E-state index in [4.69, 9.17) is 4.74 Å². The Morgan fingerprint density at radius 1 is 1.04 bits per heavy atom. The SMILES string of the molecule is Cc1cccc(C)c1OC(C)C(=O)NNC(=O)c1ccc([N+](=O)[O-])cc1. The highest BCUT2D eigenvalue weighted by Crippen LogP contribution is 2.23. The molecule has 0 spiro atoms. The minimum absolute atomic E-state index is 0.124. The Morgan fingerprint density at radius 3 is 2.15 bits per heavy atom. The van der Waals surface area contributed by atoms with Crippen molar-refractivity contribution in [1.29, 1.82) is 0 Å². The number of carbonyl (C=O) groups is 2. The number of para-hydroxylation sites is 1. The van der Waals surface area contributed by atoms with Crippen LogP contribution in [0, 0.1) is 24.0 Å². The molecule has 0 saturated carbocycles. The maximum atomic E-state index is 12.1. The minimum Gasteiger partial charge on any atom is -0.480 e. The lowest BCUT2D eigenvalue weighted by atomic mass is 10.1. The van der Waals surface area contributed by atoms with E-state index < -0.39 is 22.8 Å². The van der Waals surface area contributed by atoms with Crippen molar-refractivity contribution >= 4 is 17.5 Å². The first-order chi connectivity index (χ1) is 12.3. The fourth-order valence-electron chi connectivity index (χ4n) is 2.24. The Labute approximate surface area is 150 Å². The van der Waals surface area contributed by atoms with E-state index in [2.05, 4.69) is 10.9 Å². The molecule has 0 radical (unpaired) electrons. The van der Waals surface area contributed by atoms with E-state index in [0.717, 1.165) is 11.1 Å². The molecule has 2 aromatic rings. The van der Waals surface area contributed by atoms with Crippen LogP contribution in [-0.4, -0.2) is 22.8 Å². The van der Waals surface area contributed by atoms with Gasteiger partial charge in [0.2, 0.25) is 0 Å². The number of non-ortho nitro benzene ring substituents is 1. The van der Waals surface area contributed by atoms with E-state index in [1.165, 1.54) is 24.3 Å². The average molecular weight is 357 g/mol. The van der Waals surface area contributed by atoms with Crippen molar-refractivity contribution in [2.45, 2.75) is 26.9 Å². The van der Waals surface area contributed by atoms with Crippen LogP contribution in [0.15, 0.2) is 42.5 Å². The number of nitrogens with zero attached hydrogens (tertiary/aromatic N) is 1. The van der Waals surface area contributed by atoms with Crippen molar-refractivity contribution in [3.63, 3.8) is 0 Å². The van der Waals surface area contributed by atoms with Gasteiger partial charge in [0, 0.05) is 17.7 Å². The number of nitro benzene ring substituents is 1. The normalized spacial score (nSPS) is 11.3. The summed E-state index contributed by atoms with van der Waals surface area (Å²) in [6.45, 7) is 5.33. The predicted molar refractivity (Wildman–Crippen MR) is 94.7 cm³/mol. The first kappa shape index (κ1) is 18.9. The molecule has 8 nitrogen and oxygen atoms in total. The van der Waals surface area contributed by atoms with Crippen molar-refractivity contribution in [3.05, 3.63) is 69.3 Å². The van der Waals surface area contributed by atoms with Crippen molar-refractivity contribution in [1.82, 2.24) is 10.9 Å². The van der Waals surface area contributed by atoms with Crippen LogP contribution in [0.1, 0.15) is 28.4 Å². The first-order valence-electron chi connectivity index (χ1n) is 7.87. The number of aryl methyl sites for hydroxylation is 2. The van der Waals surface area contributed by atoms with Crippen LogP contribution in [0.2, 0.25) is 0 Å². The first-order valence-corrected chi connectivity index (χ1v) is 7.87. The Hall–Kier alpha value is -3.42. The molecule has 26 heavy (non-hydrogen) atoms. The zero-order chi connectivity index (χ0) is 19.3. The second-order valence-electron chi connectivity index (χ2n) is 5.73. The predicted octanol–water partition coefficient (Wildman–Crippen LogP) is 2.44. The average Bonchev–Trinajstić information content (AvgIpc) is 2.62. The Bertz CT molecular complexity index is 813. The van der Waals surface area contributed by atoms with Gasteiger partial charge in [-0.05, 0) is 44.0 Å². The third-order valence-corrected chi connectivity index (χ3v) is 3.71. The molecule has 8 heteroatoms. The summed E-state index contributed by atoms with van der Waals surface area (Å²) in [5, 5.41) is 10.6. The number of amides is 2.